The molecular formula is C15H21N3O. The van der Waals surface area contributed by atoms with Crippen molar-refractivity contribution < 1.29 is 4.74 Å². The minimum absolute atomic E-state index is 0.484. The van der Waals surface area contributed by atoms with Crippen LogP contribution in [0.15, 0.2) is 28.5 Å². The lowest BCUT2D eigenvalue weighted by atomic mass is 9.75. The van der Waals surface area contributed by atoms with Crippen molar-refractivity contribution in [3.8, 4) is 0 Å². The van der Waals surface area contributed by atoms with Gasteiger partial charge in [-0.25, -0.2) is 4.99 Å². The topological polar surface area (TPSA) is 39.4 Å². The van der Waals surface area contributed by atoms with Crippen LogP contribution in [0.3, 0.4) is 0 Å². The Balaban J connectivity index is 1.82. The largest absolute Gasteiger partial charge is 0.470 e. The Morgan fingerprint density at radius 2 is 2.00 bits per heavy atom. The van der Waals surface area contributed by atoms with Gasteiger partial charge < -0.3 is 4.74 Å². The molecule has 19 heavy (non-hydrogen) atoms. The molecular weight excluding hydrogens is 238 g/mol. The van der Waals surface area contributed by atoms with Crippen LogP contribution in [0.4, 0.5) is 0 Å². The smallest absolute Gasteiger partial charge is 0.240 e. The first-order valence-electron chi connectivity index (χ1n) is 6.96. The molecule has 0 radical (unpaired) electrons. The van der Waals surface area contributed by atoms with E-state index in [1.54, 1.807) is 10.9 Å². The molecule has 0 spiro atoms. The van der Waals surface area contributed by atoms with E-state index in [1.807, 2.05) is 13.1 Å². The first-order chi connectivity index (χ1) is 9.05. The predicted molar refractivity (Wildman–Crippen MR) is 75.0 cm³/mol. The van der Waals surface area contributed by atoms with E-state index in [0.717, 1.165) is 24.2 Å². The summed E-state index contributed by atoms with van der Waals surface area (Å²) in [7, 11) is 1.91. The Morgan fingerprint density at radius 1 is 1.26 bits per heavy atom. The number of nitrogens with zero attached hydrogens (tertiary/aromatic N) is 3. The van der Waals surface area contributed by atoms with Gasteiger partial charge in [0, 0.05) is 13.2 Å². The predicted octanol–water partition coefficient (Wildman–Crippen LogP) is 3.05. The number of allylic oxidation sites excluding steroid dienone is 1. The Kier molecular flexibility index (Phi) is 2.96. The van der Waals surface area contributed by atoms with Crippen molar-refractivity contribution in [2.75, 3.05) is 6.61 Å². The van der Waals surface area contributed by atoms with Crippen LogP contribution in [0.5, 0.6) is 0 Å². The molecule has 0 N–H and O–H groups in total. The van der Waals surface area contributed by atoms with Crippen molar-refractivity contribution in [2.24, 2.45) is 17.5 Å². The minimum atomic E-state index is 0.484. The quantitative estimate of drug-likeness (QED) is 0.777. The van der Waals surface area contributed by atoms with E-state index in [1.165, 1.54) is 18.4 Å². The lowest BCUT2D eigenvalue weighted by Gasteiger charge is -2.31. The molecule has 4 nitrogen and oxygen atoms in total. The summed E-state index contributed by atoms with van der Waals surface area (Å²) in [6.07, 6.45) is 6.60. The maximum absolute atomic E-state index is 5.73. The van der Waals surface area contributed by atoms with Crippen LogP contribution in [-0.2, 0) is 11.8 Å². The third-order valence-corrected chi connectivity index (χ3v) is 4.24. The van der Waals surface area contributed by atoms with E-state index >= 15 is 0 Å². The van der Waals surface area contributed by atoms with Gasteiger partial charge in [0.05, 0.1) is 5.70 Å². The Hall–Kier alpha value is -1.58. The highest BCUT2D eigenvalue weighted by atomic mass is 16.5. The molecule has 0 saturated heterocycles. The van der Waals surface area contributed by atoms with Crippen LogP contribution in [0.2, 0.25) is 0 Å². The number of aryl methyl sites for hydroxylation is 1. The molecule has 0 aromatic carbocycles. The van der Waals surface area contributed by atoms with E-state index < -0.39 is 0 Å². The third kappa shape index (κ3) is 2.44. The average molecular weight is 259 g/mol. The molecule has 0 unspecified atom stereocenters. The number of hydrogen-bond acceptors (Lipinski definition) is 3. The lowest BCUT2D eigenvalue weighted by molar-refractivity contribution is 0.275. The van der Waals surface area contributed by atoms with Gasteiger partial charge in [-0.05, 0) is 42.7 Å². The van der Waals surface area contributed by atoms with Crippen molar-refractivity contribution in [2.45, 2.75) is 39.5 Å². The van der Waals surface area contributed by atoms with Crippen LogP contribution >= 0.6 is 0 Å². The van der Waals surface area contributed by atoms with E-state index in [0.29, 0.717) is 17.9 Å². The normalized spacial score (nSPS) is 22.4. The minimum Gasteiger partial charge on any atom is -0.470 e. The SMILES string of the molecule is Cn1nccc1C1=NC(=C2CCC(C)(C)CC2)CO1. The fourth-order valence-corrected chi connectivity index (χ4v) is 2.74. The van der Waals surface area contributed by atoms with Crippen molar-refractivity contribution in [1.29, 1.82) is 0 Å². The lowest BCUT2D eigenvalue weighted by Crippen LogP contribution is -2.17. The maximum Gasteiger partial charge on any atom is 0.240 e. The second kappa shape index (κ2) is 4.51. The van der Waals surface area contributed by atoms with Crippen LogP contribution in [0.1, 0.15) is 45.2 Å². The molecule has 1 aromatic rings. The number of ether oxygens (including phenoxy) is 1. The monoisotopic (exact) mass is 259 g/mol. The average Bonchev–Trinajstić information content (AvgIpc) is 2.97. The summed E-state index contributed by atoms with van der Waals surface area (Å²) in [5.41, 5.74) is 4.06. The number of aromatic nitrogens is 2. The first kappa shape index (κ1) is 12.5. The van der Waals surface area contributed by atoms with Gasteiger partial charge in [-0.2, -0.15) is 5.10 Å². The summed E-state index contributed by atoms with van der Waals surface area (Å²) in [6.45, 7) is 5.32. The van der Waals surface area contributed by atoms with Crippen LogP contribution < -0.4 is 0 Å². The van der Waals surface area contributed by atoms with Gasteiger partial charge in [0.2, 0.25) is 5.90 Å². The van der Waals surface area contributed by atoms with Crippen LogP contribution in [0.25, 0.3) is 0 Å². The van der Waals surface area contributed by atoms with Crippen molar-refractivity contribution in [1.82, 2.24) is 9.78 Å². The summed E-state index contributed by atoms with van der Waals surface area (Å²) in [5.74, 6) is 0.715. The van der Waals surface area contributed by atoms with Gasteiger partial charge in [-0.1, -0.05) is 13.8 Å². The van der Waals surface area contributed by atoms with E-state index in [2.05, 4.69) is 23.9 Å². The molecule has 1 fully saturated rings. The summed E-state index contributed by atoms with van der Waals surface area (Å²) in [5, 5.41) is 4.16. The van der Waals surface area contributed by atoms with Gasteiger partial charge in [-0.3, -0.25) is 4.68 Å². The molecule has 1 aromatic heterocycles. The molecule has 2 heterocycles. The van der Waals surface area contributed by atoms with E-state index in [9.17, 15) is 0 Å². The molecule has 0 atom stereocenters. The molecule has 2 aliphatic rings. The Morgan fingerprint density at radius 3 is 2.63 bits per heavy atom. The fourth-order valence-electron chi connectivity index (χ4n) is 2.74. The molecule has 0 amide bonds. The summed E-state index contributed by atoms with van der Waals surface area (Å²) < 4.78 is 7.53. The summed E-state index contributed by atoms with van der Waals surface area (Å²) in [6, 6.07) is 1.94. The summed E-state index contributed by atoms with van der Waals surface area (Å²) >= 11 is 0. The third-order valence-electron chi connectivity index (χ3n) is 4.24. The zero-order valence-corrected chi connectivity index (χ0v) is 11.9. The molecule has 102 valence electrons. The number of aliphatic imine (C=N–C) groups is 1. The van der Waals surface area contributed by atoms with Crippen LogP contribution in [0, 0.1) is 5.41 Å². The second-order valence-corrected chi connectivity index (χ2v) is 6.26. The summed E-state index contributed by atoms with van der Waals surface area (Å²) in [4.78, 5) is 4.68. The van der Waals surface area contributed by atoms with Gasteiger partial charge in [-0.15, -0.1) is 0 Å². The molecule has 0 bridgehead atoms. The zero-order chi connectivity index (χ0) is 13.5. The van der Waals surface area contributed by atoms with Crippen molar-refractivity contribution in [3.63, 3.8) is 0 Å². The standard InChI is InChI=1S/C15H21N3O/c1-15(2)7-4-11(5-8-15)12-10-19-14(17-12)13-6-9-16-18(13)3/h6,9H,4-5,7-8,10H2,1-3H3. The second-order valence-electron chi connectivity index (χ2n) is 6.26. The maximum atomic E-state index is 5.73. The number of hydrogen-bond donors (Lipinski definition) is 0. The first-order valence-corrected chi connectivity index (χ1v) is 6.96. The molecule has 1 aliphatic carbocycles. The highest BCUT2D eigenvalue weighted by Gasteiger charge is 2.27. The molecule has 1 aliphatic heterocycles. The highest BCUT2D eigenvalue weighted by molar-refractivity contribution is 5.94. The molecule has 3 rings (SSSR count). The zero-order valence-electron chi connectivity index (χ0n) is 11.9. The van der Waals surface area contributed by atoms with Crippen molar-refractivity contribution >= 4 is 5.90 Å². The fraction of sp³-hybridized carbons (Fsp3) is 0.600. The Labute approximate surface area is 114 Å². The molecule has 4 heteroatoms. The Bertz CT molecular complexity index is 539. The van der Waals surface area contributed by atoms with E-state index in [4.69, 9.17) is 4.74 Å². The number of rotatable bonds is 1. The van der Waals surface area contributed by atoms with Crippen LogP contribution in [-0.4, -0.2) is 22.3 Å². The highest BCUT2D eigenvalue weighted by Crippen LogP contribution is 2.39. The van der Waals surface area contributed by atoms with Gasteiger partial charge in [0.1, 0.15) is 12.3 Å². The molecule has 1 saturated carbocycles. The van der Waals surface area contributed by atoms with Gasteiger partial charge in [0.15, 0.2) is 0 Å². The van der Waals surface area contributed by atoms with E-state index in [-0.39, 0.29) is 0 Å². The van der Waals surface area contributed by atoms with Crippen molar-refractivity contribution in [3.05, 3.63) is 29.2 Å². The van der Waals surface area contributed by atoms with Gasteiger partial charge >= 0.3 is 0 Å². The van der Waals surface area contributed by atoms with Gasteiger partial charge in [0.25, 0.3) is 0 Å².